The van der Waals surface area contributed by atoms with Crippen molar-refractivity contribution in [2.24, 2.45) is 5.92 Å². The lowest BCUT2D eigenvalue weighted by Crippen LogP contribution is -2.58. The molecule has 4 heteroatoms. The maximum absolute atomic E-state index is 12.2. The van der Waals surface area contributed by atoms with E-state index in [-0.39, 0.29) is 5.97 Å². The highest BCUT2D eigenvalue weighted by atomic mass is 16.5. The summed E-state index contributed by atoms with van der Waals surface area (Å²) in [6.45, 7) is 6.14. The second kappa shape index (κ2) is 6.23. The zero-order chi connectivity index (χ0) is 13.9. The first kappa shape index (κ1) is 14.8. The van der Waals surface area contributed by atoms with Crippen molar-refractivity contribution < 1.29 is 9.53 Å². The van der Waals surface area contributed by atoms with Gasteiger partial charge in [-0.05, 0) is 52.5 Å². The summed E-state index contributed by atoms with van der Waals surface area (Å²) >= 11 is 0. The third kappa shape index (κ3) is 4.18. The molecule has 1 atom stereocenters. The average molecular weight is 268 g/mol. The van der Waals surface area contributed by atoms with Gasteiger partial charge < -0.3 is 9.64 Å². The van der Waals surface area contributed by atoms with Crippen LogP contribution in [0.15, 0.2) is 0 Å². The largest absolute Gasteiger partial charge is 0.465 e. The van der Waals surface area contributed by atoms with E-state index in [9.17, 15) is 4.79 Å². The molecule has 0 aromatic heterocycles. The first-order valence-electron chi connectivity index (χ1n) is 7.67. The van der Waals surface area contributed by atoms with Crippen LogP contribution >= 0.6 is 0 Å². The van der Waals surface area contributed by atoms with Crippen LogP contribution in [0.2, 0.25) is 0 Å². The summed E-state index contributed by atoms with van der Waals surface area (Å²) in [6, 6.07) is 0.506. The molecule has 0 aromatic carbocycles. The van der Waals surface area contributed by atoms with Crippen LogP contribution in [-0.2, 0) is 9.53 Å². The fraction of sp³-hybridized carbons (Fsp3) is 0.933. The molecule has 1 N–H and O–H groups in total. The minimum Gasteiger partial charge on any atom is -0.465 e. The fourth-order valence-electron chi connectivity index (χ4n) is 2.86. The molecule has 0 saturated heterocycles. The van der Waals surface area contributed by atoms with Crippen LogP contribution in [0.3, 0.4) is 0 Å². The maximum Gasteiger partial charge on any atom is 0.327 e. The van der Waals surface area contributed by atoms with Crippen molar-refractivity contribution in [3.63, 3.8) is 0 Å². The van der Waals surface area contributed by atoms with Crippen molar-refractivity contribution >= 4 is 5.97 Å². The Hall–Kier alpha value is -0.610. The van der Waals surface area contributed by atoms with Gasteiger partial charge in [0, 0.05) is 19.1 Å². The smallest absolute Gasteiger partial charge is 0.327 e. The summed E-state index contributed by atoms with van der Waals surface area (Å²) in [5.74, 6) is 0.722. The minimum atomic E-state index is -0.560. The van der Waals surface area contributed by atoms with E-state index in [4.69, 9.17) is 4.74 Å². The van der Waals surface area contributed by atoms with Gasteiger partial charge in [0.25, 0.3) is 0 Å². The summed E-state index contributed by atoms with van der Waals surface area (Å²) in [5.41, 5.74) is -0.560. The number of rotatable bonds is 8. The van der Waals surface area contributed by atoms with E-state index in [1.807, 2.05) is 13.8 Å². The van der Waals surface area contributed by atoms with Crippen LogP contribution in [0.1, 0.15) is 46.0 Å². The Morgan fingerprint density at radius 3 is 2.53 bits per heavy atom. The van der Waals surface area contributed by atoms with Crippen molar-refractivity contribution in [1.82, 2.24) is 10.2 Å². The molecule has 110 valence electrons. The van der Waals surface area contributed by atoms with E-state index in [0.29, 0.717) is 12.6 Å². The lowest BCUT2D eigenvalue weighted by atomic mass is 9.85. The predicted molar refractivity (Wildman–Crippen MR) is 76.0 cm³/mol. The predicted octanol–water partition coefficient (Wildman–Crippen LogP) is 1.79. The van der Waals surface area contributed by atoms with Gasteiger partial charge in [-0.15, -0.1) is 0 Å². The zero-order valence-electron chi connectivity index (χ0n) is 12.6. The molecule has 1 unspecified atom stereocenters. The van der Waals surface area contributed by atoms with Crippen LogP contribution in [0.5, 0.6) is 0 Å². The number of likely N-dealkylation sites (N-methyl/N-ethyl adjacent to an activating group) is 1. The number of ether oxygens (including phenoxy) is 1. The van der Waals surface area contributed by atoms with E-state index in [1.165, 1.54) is 32.1 Å². The lowest BCUT2D eigenvalue weighted by Gasteiger charge is -2.36. The summed E-state index contributed by atoms with van der Waals surface area (Å²) in [5, 5.41) is 3.48. The van der Waals surface area contributed by atoms with E-state index < -0.39 is 5.54 Å². The van der Waals surface area contributed by atoms with E-state index in [2.05, 4.69) is 17.3 Å². The van der Waals surface area contributed by atoms with E-state index in [1.54, 1.807) is 0 Å². The SMILES string of the molecule is CCOC(=O)C(C)(CN(C)CC1CCC1)NC1CC1. The summed E-state index contributed by atoms with van der Waals surface area (Å²) in [7, 11) is 2.12. The van der Waals surface area contributed by atoms with Crippen LogP contribution in [-0.4, -0.2) is 49.2 Å². The number of hydrogen-bond acceptors (Lipinski definition) is 4. The summed E-state index contributed by atoms with van der Waals surface area (Å²) in [4.78, 5) is 14.5. The second-order valence-corrected chi connectivity index (χ2v) is 6.46. The molecule has 0 amide bonds. The molecule has 0 aliphatic heterocycles. The highest BCUT2D eigenvalue weighted by Crippen LogP contribution is 2.28. The molecular formula is C15H28N2O2. The molecular weight excluding hydrogens is 240 g/mol. The van der Waals surface area contributed by atoms with Gasteiger partial charge in [0.1, 0.15) is 5.54 Å². The number of carbonyl (C=O) groups is 1. The fourth-order valence-corrected chi connectivity index (χ4v) is 2.86. The minimum absolute atomic E-state index is 0.109. The third-order valence-electron chi connectivity index (χ3n) is 4.21. The standard InChI is InChI=1S/C15H28N2O2/c1-4-19-14(18)15(2,16-13-8-9-13)11-17(3)10-12-6-5-7-12/h12-13,16H,4-11H2,1-3H3. The van der Waals surface area contributed by atoms with Gasteiger partial charge in [-0.2, -0.15) is 0 Å². The van der Waals surface area contributed by atoms with Crippen LogP contribution in [0.4, 0.5) is 0 Å². The number of carbonyl (C=O) groups excluding carboxylic acids is 1. The van der Waals surface area contributed by atoms with Crippen molar-refractivity contribution in [3.8, 4) is 0 Å². The summed E-state index contributed by atoms with van der Waals surface area (Å²) in [6.07, 6.45) is 6.42. The molecule has 19 heavy (non-hydrogen) atoms. The quantitative estimate of drug-likeness (QED) is 0.682. The van der Waals surface area contributed by atoms with Gasteiger partial charge in [-0.3, -0.25) is 10.1 Å². The first-order chi connectivity index (χ1) is 9.03. The van der Waals surface area contributed by atoms with Gasteiger partial charge in [-0.25, -0.2) is 0 Å². The number of hydrogen-bond donors (Lipinski definition) is 1. The van der Waals surface area contributed by atoms with Crippen molar-refractivity contribution in [3.05, 3.63) is 0 Å². The van der Waals surface area contributed by atoms with Gasteiger partial charge in [-0.1, -0.05) is 6.42 Å². The molecule has 0 aromatic rings. The molecule has 2 fully saturated rings. The van der Waals surface area contributed by atoms with Crippen molar-refractivity contribution in [2.45, 2.75) is 57.5 Å². The zero-order valence-corrected chi connectivity index (χ0v) is 12.6. The van der Waals surface area contributed by atoms with E-state index in [0.717, 1.165) is 19.0 Å². The third-order valence-corrected chi connectivity index (χ3v) is 4.21. The maximum atomic E-state index is 12.2. The Kier molecular flexibility index (Phi) is 4.85. The number of esters is 1. The Morgan fingerprint density at radius 2 is 2.05 bits per heavy atom. The lowest BCUT2D eigenvalue weighted by molar-refractivity contribution is -0.151. The molecule has 0 spiro atoms. The highest BCUT2D eigenvalue weighted by Gasteiger charge is 2.40. The van der Waals surface area contributed by atoms with E-state index >= 15 is 0 Å². The molecule has 2 saturated carbocycles. The van der Waals surface area contributed by atoms with Crippen molar-refractivity contribution in [2.75, 3.05) is 26.7 Å². The van der Waals surface area contributed by atoms with Crippen molar-refractivity contribution in [1.29, 1.82) is 0 Å². The molecule has 0 bridgehead atoms. The monoisotopic (exact) mass is 268 g/mol. The number of nitrogens with one attached hydrogen (secondary N) is 1. The Bertz CT molecular complexity index is 313. The molecule has 2 aliphatic rings. The normalized spacial score (nSPS) is 22.9. The molecule has 4 nitrogen and oxygen atoms in total. The topological polar surface area (TPSA) is 41.6 Å². The van der Waals surface area contributed by atoms with Gasteiger partial charge in [0.2, 0.25) is 0 Å². The Balaban J connectivity index is 1.88. The Morgan fingerprint density at radius 1 is 1.37 bits per heavy atom. The summed E-state index contributed by atoms with van der Waals surface area (Å²) < 4.78 is 5.25. The van der Waals surface area contributed by atoms with Crippen LogP contribution in [0, 0.1) is 5.92 Å². The van der Waals surface area contributed by atoms with Gasteiger partial charge in [0.15, 0.2) is 0 Å². The molecule has 0 radical (unpaired) electrons. The second-order valence-electron chi connectivity index (χ2n) is 6.46. The van der Waals surface area contributed by atoms with Gasteiger partial charge >= 0.3 is 5.97 Å². The van der Waals surface area contributed by atoms with Crippen LogP contribution in [0.25, 0.3) is 0 Å². The Labute approximate surface area is 116 Å². The average Bonchev–Trinajstić information content (AvgIpc) is 3.07. The molecule has 0 heterocycles. The van der Waals surface area contributed by atoms with Crippen LogP contribution < -0.4 is 5.32 Å². The molecule has 2 aliphatic carbocycles. The molecule has 2 rings (SSSR count). The highest BCUT2D eigenvalue weighted by molar-refractivity contribution is 5.80. The first-order valence-corrected chi connectivity index (χ1v) is 7.67. The van der Waals surface area contributed by atoms with Gasteiger partial charge in [0.05, 0.1) is 6.61 Å². The number of nitrogens with zero attached hydrogens (tertiary/aromatic N) is 1.